The lowest BCUT2D eigenvalue weighted by Crippen LogP contribution is -2.44. The van der Waals surface area contributed by atoms with Gasteiger partial charge in [0.05, 0.1) is 11.7 Å². The average molecular weight is 345 g/mol. The summed E-state index contributed by atoms with van der Waals surface area (Å²) in [5.41, 5.74) is 6.31. The number of para-hydroxylation sites is 1. The second-order valence-corrected chi connectivity index (χ2v) is 6.63. The van der Waals surface area contributed by atoms with Crippen LogP contribution in [0.5, 0.6) is 0 Å². The van der Waals surface area contributed by atoms with Gasteiger partial charge in [0.25, 0.3) is 0 Å². The summed E-state index contributed by atoms with van der Waals surface area (Å²) in [5, 5.41) is 8.68. The largest absolute Gasteiger partial charge is 0.369 e. The number of primary amides is 1. The molecule has 0 radical (unpaired) electrons. The van der Waals surface area contributed by atoms with Crippen molar-refractivity contribution in [3.63, 3.8) is 0 Å². The maximum absolute atomic E-state index is 12.4. The summed E-state index contributed by atoms with van der Waals surface area (Å²) in [6.07, 6.45) is 3.20. The summed E-state index contributed by atoms with van der Waals surface area (Å²) in [7, 11) is 0. The average Bonchev–Trinajstić information content (AvgIpc) is 3.09. The van der Waals surface area contributed by atoms with Crippen LogP contribution in [0.4, 0.5) is 0 Å². The Morgan fingerprint density at radius 3 is 2.83 bits per heavy atom. The number of hydrogen-bond acceptors (Lipinski definition) is 5. The molecular weight excluding hydrogens is 326 g/mol. The molecule has 0 saturated carbocycles. The summed E-state index contributed by atoms with van der Waals surface area (Å²) >= 11 is 1.34. The Morgan fingerprint density at radius 1 is 1.29 bits per heavy atom. The van der Waals surface area contributed by atoms with Crippen molar-refractivity contribution in [1.82, 2.24) is 19.7 Å². The van der Waals surface area contributed by atoms with E-state index >= 15 is 0 Å². The van der Waals surface area contributed by atoms with Gasteiger partial charge in [0.1, 0.15) is 6.33 Å². The van der Waals surface area contributed by atoms with E-state index in [4.69, 9.17) is 5.73 Å². The van der Waals surface area contributed by atoms with Crippen LogP contribution in [-0.4, -0.2) is 50.3 Å². The third kappa shape index (κ3) is 3.76. The summed E-state index contributed by atoms with van der Waals surface area (Å²) in [6.45, 7) is 1.09. The number of aromatic nitrogens is 3. The Morgan fingerprint density at radius 2 is 2.08 bits per heavy atom. The summed E-state index contributed by atoms with van der Waals surface area (Å²) in [6, 6.07) is 9.73. The molecule has 1 aromatic carbocycles. The number of nitrogens with two attached hydrogens (primary N) is 1. The highest BCUT2D eigenvalue weighted by Gasteiger charge is 2.27. The van der Waals surface area contributed by atoms with Crippen molar-refractivity contribution in [3.8, 4) is 5.69 Å². The van der Waals surface area contributed by atoms with E-state index in [0.717, 1.165) is 18.5 Å². The number of nitrogens with zero attached hydrogens (tertiary/aromatic N) is 4. The molecule has 1 fully saturated rings. The van der Waals surface area contributed by atoms with E-state index in [9.17, 15) is 9.59 Å². The molecular formula is C16H19N5O2S. The maximum atomic E-state index is 12.4. The van der Waals surface area contributed by atoms with Gasteiger partial charge in [-0.05, 0) is 25.0 Å². The first kappa shape index (κ1) is 16.5. The quantitative estimate of drug-likeness (QED) is 0.819. The maximum Gasteiger partial charge on any atom is 0.233 e. The molecule has 1 aliphatic rings. The van der Waals surface area contributed by atoms with E-state index in [-0.39, 0.29) is 23.5 Å². The lowest BCUT2D eigenvalue weighted by atomic mass is 9.97. The van der Waals surface area contributed by atoms with Crippen molar-refractivity contribution in [2.24, 2.45) is 11.7 Å². The molecule has 1 aliphatic heterocycles. The molecule has 2 amide bonds. The molecule has 1 aromatic heterocycles. The van der Waals surface area contributed by atoms with Crippen molar-refractivity contribution < 1.29 is 9.59 Å². The van der Waals surface area contributed by atoms with Crippen LogP contribution < -0.4 is 5.73 Å². The van der Waals surface area contributed by atoms with Crippen molar-refractivity contribution in [2.45, 2.75) is 18.0 Å². The number of thioether (sulfide) groups is 1. The van der Waals surface area contributed by atoms with Gasteiger partial charge >= 0.3 is 0 Å². The number of rotatable bonds is 5. The first-order chi connectivity index (χ1) is 11.6. The number of hydrogen-bond donors (Lipinski definition) is 1. The van der Waals surface area contributed by atoms with E-state index in [1.165, 1.54) is 11.8 Å². The number of carbonyl (C=O) groups is 2. The molecule has 8 heteroatoms. The fourth-order valence-electron chi connectivity index (χ4n) is 2.74. The molecule has 2 N–H and O–H groups in total. The molecule has 1 saturated heterocycles. The zero-order chi connectivity index (χ0) is 16.9. The van der Waals surface area contributed by atoms with Crippen LogP contribution in [0.2, 0.25) is 0 Å². The Kier molecular flexibility index (Phi) is 5.14. The third-order valence-electron chi connectivity index (χ3n) is 4.05. The SMILES string of the molecule is NC(=O)C1CCCN(C(=O)CSc2nncn2-c2ccccc2)C1. The molecule has 24 heavy (non-hydrogen) atoms. The number of benzene rings is 1. The van der Waals surface area contributed by atoms with Crippen LogP contribution in [0.1, 0.15) is 12.8 Å². The smallest absolute Gasteiger partial charge is 0.233 e. The second-order valence-electron chi connectivity index (χ2n) is 5.69. The molecule has 2 heterocycles. The van der Waals surface area contributed by atoms with Gasteiger partial charge in [-0.2, -0.15) is 0 Å². The number of amides is 2. The minimum Gasteiger partial charge on any atom is -0.369 e. The lowest BCUT2D eigenvalue weighted by Gasteiger charge is -2.31. The number of carbonyl (C=O) groups excluding carboxylic acids is 2. The molecule has 1 atom stereocenters. The third-order valence-corrected chi connectivity index (χ3v) is 4.98. The topological polar surface area (TPSA) is 94.1 Å². The Labute approximate surface area is 144 Å². The van der Waals surface area contributed by atoms with E-state index < -0.39 is 0 Å². The molecule has 126 valence electrons. The number of piperidine rings is 1. The van der Waals surface area contributed by atoms with Crippen molar-refractivity contribution in [2.75, 3.05) is 18.8 Å². The Balaban J connectivity index is 1.61. The van der Waals surface area contributed by atoms with Crippen LogP contribution in [0.3, 0.4) is 0 Å². The molecule has 1 unspecified atom stereocenters. The van der Waals surface area contributed by atoms with Crippen LogP contribution in [-0.2, 0) is 9.59 Å². The van der Waals surface area contributed by atoms with E-state index in [2.05, 4.69) is 10.2 Å². The normalized spacial score (nSPS) is 17.7. The van der Waals surface area contributed by atoms with Crippen LogP contribution >= 0.6 is 11.8 Å². The van der Waals surface area contributed by atoms with Crippen LogP contribution in [0, 0.1) is 5.92 Å². The van der Waals surface area contributed by atoms with Gasteiger partial charge in [0.15, 0.2) is 5.16 Å². The zero-order valence-corrected chi connectivity index (χ0v) is 14.0. The Hall–Kier alpha value is -2.35. The molecule has 3 rings (SSSR count). The lowest BCUT2D eigenvalue weighted by molar-refractivity contribution is -0.132. The minimum atomic E-state index is -0.330. The predicted molar refractivity (Wildman–Crippen MR) is 90.6 cm³/mol. The van der Waals surface area contributed by atoms with E-state index in [1.807, 2.05) is 34.9 Å². The highest BCUT2D eigenvalue weighted by molar-refractivity contribution is 7.99. The molecule has 2 aromatic rings. The highest BCUT2D eigenvalue weighted by Crippen LogP contribution is 2.21. The first-order valence-electron chi connectivity index (χ1n) is 7.80. The van der Waals surface area contributed by atoms with Crippen LogP contribution in [0.25, 0.3) is 5.69 Å². The van der Waals surface area contributed by atoms with Gasteiger partial charge in [-0.25, -0.2) is 0 Å². The van der Waals surface area contributed by atoms with Gasteiger partial charge in [-0.3, -0.25) is 14.2 Å². The van der Waals surface area contributed by atoms with Crippen molar-refractivity contribution >= 4 is 23.6 Å². The van der Waals surface area contributed by atoms with E-state index in [0.29, 0.717) is 18.2 Å². The van der Waals surface area contributed by atoms with Gasteiger partial charge in [-0.1, -0.05) is 30.0 Å². The highest BCUT2D eigenvalue weighted by atomic mass is 32.2. The Bertz CT molecular complexity index is 718. The predicted octanol–water partition coefficient (Wildman–Crippen LogP) is 1.08. The van der Waals surface area contributed by atoms with Gasteiger partial charge in [0.2, 0.25) is 11.8 Å². The molecule has 0 bridgehead atoms. The van der Waals surface area contributed by atoms with Crippen molar-refractivity contribution in [1.29, 1.82) is 0 Å². The van der Waals surface area contributed by atoms with Gasteiger partial charge in [0, 0.05) is 18.8 Å². The second kappa shape index (κ2) is 7.48. The number of likely N-dealkylation sites (tertiary alicyclic amines) is 1. The summed E-state index contributed by atoms with van der Waals surface area (Å²) in [4.78, 5) is 25.4. The fourth-order valence-corrected chi connectivity index (χ4v) is 3.57. The van der Waals surface area contributed by atoms with Gasteiger partial charge < -0.3 is 10.6 Å². The van der Waals surface area contributed by atoms with Gasteiger partial charge in [-0.15, -0.1) is 10.2 Å². The summed E-state index contributed by atoms with van der Waals surface area (Å²) < 4.78 is 1.85. The zero-order valence-electron chi connectivity index (χ0n) is 13.2. The molecule has 0 aliphatic carbocycles. The van der Waals surface area contributed by atoms with Crippen LogP contribution in [0.15, 0.2) is 41.8 Å². The first-order valence-corrected chi connectivity index (χ1v) is 8.79. The van der Waals surface area contributed by atoms with Crippen molar-refractivity contribution in [3.05, 3.63) is 36.7 Å². The monoisotopic (exact) mass is 345 g/mol. The molecule has 0 spiro atoms. The minimum absolute atomic E-state index is 0.00596. The fraction of sp³-hybridized carbons (Fsp3) is 0.375. The van der Waals surface area contributed by atoms with E-state index in [1.54, 1.807) is 11.2 Å². The summed E-state index contributed by atoms with van der Waals surface area (Å²) in [5.74, 6) is -0.310. The molecule has 7 nitrogen and oxygen atoms in total. The standard InChI is InChI=1S/C16H19N5O2S/c17-15(23)12-5-4-8-20(9-12)14(22)10-24-16-19-18-11-21(16)13-6-2-1-3-7-13/h1-3,6-7,11-12H,4-5,8-10H2,(H2,17,23).